The Labute approximate surface area is 248 Å². The van der Waals surface area contributed by atoms with Crippen molar-refractivity contribution in [1.82, 2.24) is 5.32 Å². The number of aliphatic imine (C=N–C) groups is 3. The molecule has 7 nitrogen and oxygen atoms in total. The largest absolute Gasteiger partial charge is 0.515 e. The smallest absolute Gasteiger partial charge is 0.139 e. The highest BCUT2D eigenvalue weighted by atomic mass is 16.4. The maximum absolute atomic E-state index is 12.2. The Balaban J connectivity index is 1.70. The van der Waals surface area contributed by atoms with Gasteiger partial charge in [0.2, 0.25) is 0 Å². The highest BCUT2D eigenvalue weighted by Crippen LogP contribution is 2.53. The summed E-state index contributed by atoms with van der Waals surface area (Å²) in [6.07, 6.45) is 12.4. The molecule has 0 saturated carbocycles. The molecule has 1 fully saturated rings. The lowest BCUT2D eigenvalue weighted by atomic mass is 9.79. The van der Waals surface area contributed by atoms with Gasteiger partial charge in [-0.15, -0.1) is 0 Å². The van der Waals surface area contributed by atoms with E-state index in [1.165, 1.54) is 17.4 Å². The van der Waals surface area contributed by atoms with Crippen LogP contribution in [0, 0.1) is 0 Å². The summed E-state index contributed by atoms with van der Waals surface area (Å²) in [6, 6.07) is 0. The van der Waals surface area contributed by atoms with E-state index in [0.717, 1.165) is 76.5 Å². The first-order valence-corrected chi connectivity index (χ1v) is 15.6. The molecule has 6 rings (SSSR count). The van der Waals surface area contributed by atoms with Crippen LogP contribution in [0.4, 0.5) is 0 Å². The van der Waals surface area contributed by atoms with Crippen molar-refractivity contribution < 1.29 is 15.3 Å². The molecule has 220 valence electrons. The summed E-state index contributed by atoms with van der Waals surface area (Å²) in [4.78, 5) is 15.3. The molecule has 0 amide bonds. The van der Waals surface area contributed by atoms with Gasteiger partial charge in [-0.1, -0.05) is 41.5 Å². The van der Waals surface area contributed by atoms with E-state index in [4.69, 9.17) is 15.0 Å². The highest BCUT2D eigenvalue weighted by Gasteiger charge is 2.62. The molecule has 0 radical (unpaired) electrons. The minimum absolute atomic E-state index is 0.352. The molecule has 2 atom stereocenters. The van der Waals surface area contributed by atoms with Crippen LogP contribution in [0.25, 0.3) is 0 Å². The van der Waals surface area contributed by atoms with Gasteiger partial charge in [-0.05, 0) is 97.5 Å². The van der Waals surface area contributed by atoms with E-state index in [0.29, 0.717) is 48.4 Å². The molecule has 6 aliphatic rings. The van der Waals surface area contributed by atoms with Gasteiger partial charge in [-0.3, -0.25) is 0 Å². The average Bonchev–Trinajstić information content (AvgIpc) is 3.75. The molecule has 42 heavy (non-hydrogen) atoms. The lowest BCUT2D eigenvalue weighted by molar-refractivity contribution is -0.0931. The Kier molecular flexibility index (Phi) is 7.02. The van der Waals surface area contributed by atoms with Gasteiger partial charge in [0.05, 0.1) is 51.9 Å². The lowest BCUT2D eigenvalue weighted by Crippen LogP contribution is -2.50. The highest BCUT2D eigenvalue weighted by molar-refractivity contribution is 6.18. The van der Waals surface area contributed by atoms with Crippen LogP contribution in [0.5, 0.6) is 0 Å². The minimum Gasteiger partial charge on any atom is -0.515 e. The topological polar surface area (TPSA) is 110 Å². The molecule has 4 N–H and O–H groups in total. The first-order valence-electron chi connectivity index (χ1n) is 15.6. The Morgan fingerprint density at radius 1 is 0.762 bits per heavy atom. The predicted molar refractivity (Wildman–Crippen MR) is 169 cm³/mol. The fourth-order valence-corrected chi connectivity index (χ4v) is 7.72. The van der Waals surface area contributed by atoms with Crippen molar-refractivity contribution in [3.8, 4) is 0 Å². The number of allylic oxidation sites excluding steroid dienone is 10. The van der Waals surface area contributed by atoms with Crippen LogP contribution in [0.2, 0.25) is 0 Å². The van der Waals surface area contributed by atoms with Gasteiger partial charge in [0, 0.05) is 11.1 Å². The number of aliphatic hydroxyl groups is 3. The second kappa shape index (κ2) is 10.3. The third-order valence-electron chi connectivity index (χ3n) is 9.93. The van der Waals surface area contributed by atoms with Gasteiger partial charge >= 0.3 is 0 Å². The summed E-state index contributed by atoms with van der Waals surface area (Å²) in [7, 11) is 0. The first kappa shape index (κ1) is 28.6. The number of fused-ring (bicyclic) bond motifs is 5. The van der Waals surface area contributed by atoms with Crippen LogP contribution < -0.4 is 5.32 Å². The van der Waals surface area contributed by atoms with E-state index in [-0.39, 0.29) is 0 Å². The SMILES string of the molecule is CCC1=C(CC)C2=NC1=CC1=NC(=C(CC)/C1=C/O)C=C1N=C(C(CC)=C1CC)C1=C3NC(=C2)[C@](O)(CC)[C@]3(O)CC1. The van der Waals surface area contributed by atoms with Crippen molar-refractivity contribution in [2.75, 3.05) is 0 Å². The zero-order valence-corrected chi connectivity index (χ0v) is 25.6. The van der Waals surface area contributed by atoms with Gasteiger partial charge in [0.15, 0.2) is 0 Å². The molecule has 1 aliphatic carbocycles. The number of nitrogens with zero attached hydrogens (tertiary/aromatic N) is 3. The number of hydrogen-bond donors (Lipinski definition) is 4. The van der Waals surface area contributed by atoms with E-state index in [1.54, 1.807) is 0 Å². The summed E-state index contributed by atoms with van der Waals surface area (Å²) in [5.41, 5.74) is 10.4. The number of rotatable bonds is 6. The fourth-order valence-electron chi connectivity index (χ4n) is 7.72. The van der Waals surface area contributed by atoms with Crippen molar-refractivity contribution in [3.63, 3.8) is 0 Å². The predicted octanol–water partition coefficient (Wildman–Crippen LogP) is 6.88. The average molecular weight is 567 g/mol. The Morgan fingerprint density at radius 3 is 2.02 bits per heavy atom. The van der Waals surface area contributed by atoms with Crippen molar-refractivity contribution in [3.05, 3.63) is 92.0 Å². The van der Waals surface area contributed by atoms with Crippen molar-refractivity contribution in [2.45, 2.75) is 104 Å². The Bertz CT molecular complexity index is 1630. The third-order valence-corrected chi connectivity index (χ3v) is 9.93. The fraction of sp³-hybridized carbons (Fsp3) is 0.457. The van der Waals surface area contributed by atoms with Gasteiger partial charge < -0.3 is 20.6 Å². The van der Waals surface area contributed by atoms with Gasteiger partial charge in [0.25, 0.3) is 0 Å². The van der Waals surface area contributed by atoms with Crippen LogP contribution >= 0.6 is 0 Å². The number of nitrogens with one attached hydrogen (secondary N) is 1. The summed E-state index contributed by atoms with van der Waals surface area (Å²) >= 11 is 0. The molecular weight excluding hydrogens is 524 g/mol. The quantitative estimate of drug-likeness (QED) is 0.263. The molecule has 0 aromatic heterocycles. The third kappa shape index (κ3) is 3.75. The second-order valence-corrected chi connectivity index (χ2v) is 11.7. The van der Waals surface area contributed by atoms with Crippen LogP contribution in [0.1, 0.15) is 92.9 Å². The molecule has 7 heteroatoms. The molecule has 0 aromatic carbocycles. The van der Waals surface area contributed by atoms with Crippen molar-refractivity contribution in [1.29, 1.82) is 0 Å². The monoisotopic (exact) mass is 566 g/mol. The van der Waals surface area contributed by atoms with E-state index in [1.807, 2.05) is 19.1 Å². The summed E-state index contributed by atoms with van der Waals surface area (Å²) in [6.45, 7) is 12.5. The summed E-state index contributed by atoms with van der Waals surface area (Å²) < 4.78 is 0. The Morgan fingerprint density at radius 2 is 1.40 bits per heavy atom. The van der Waals surface area contributed by atoms with Gasteiger partial charge in [-0.2, -0.15) is 0 Å². The summed E-state index contributed by atoms with van der Waals surface area (Å²) in [5, 5.41) is 38.3. The maximum Gasteiger partial charge on any atom is 0.139 e. The molecular formula is C35H42N4O3. The minimum atomic E-state index is -1.48. The molecule has 0 unspecified atom stereocenters. The lowest BCUT2D eigenvalue weighted by Gasteiger charge is -2.35. The van der Waals surface area contributed by atoms with Gasteiger partial charge in [0.1, 0.15) is 11.2 Å². The van der Waals surface area contributed by atoms with Crippen LogP contribution in [-0.4, -0.2) is 43.7 Å². The normalized spacial score (nSPS) is 29.4. The molecule has 8 bridgehead atoms. The van der Waals surface area contributed by atoms with Gasteiger partial charge in [-0.25, -0.2) is 15.0 Å². The molecule has 5 heterocycles. The van der Waals surface area contributed by atoms with Crippen LogP contribution in [0.15, 0.2) is 107 Å². The van der Waals surface area contributed by atoms with E-state index >= 15 is 0 Å². The van der Waals surface area contributed by atoms with Crippen molar-refractivity contribution >= 4 is 17.1 Å². The Hall–Kier alpha value is -3.55. The number of hydrogen-bond acceptors (Lipinski definition) is 7. The zero-order chi connectivity index (χ0) is 30.0. The van der Waals surface area contributed by atoms with E-state index in [2.05, 4.69) is 46.0 Å². The summed E-state index contributed by atoms with van der Waals surface area (Å²) in [5.74, 6) is 0. The molecule has 0 spiro atoms. The standard InChI is InChI=1S/C35H42N4O3/c1-7-19-20(8-2)30-17-31-34(41,12-6)35(42)14-13-24(33(35)39-31)32-23(11-5)21(9-3)28(38-32)15-27-22(10-4)25(18-40)29(36-27)16-26(19)37-30/h15-18,39-42H,7-14H2,1-6H3/b25-18-,26-16?,28-15?,31-17?/t34-,35+/m1/s1. The van der Waals surface area contributed by atoms with Crippen molar-refractivity contribution in [2.24, 2.45) is 15.0 Å². The molecule has 5 aliphatic heterocycles. The molecule has 1 saturated heterocycles. The first-order chi connectivity index (χ1) is 20.2. The van der Waals surface area contributed by atoms with Crippen LogP contribution in [-0.2, 0) is 0 Å². The van der Waals surface area contributed by atoms with E-state index in [9.17, 15) is 15.3 Å². The second-order valence-electron chi connectivity index (χ2n) is 11.7. The van der Waals surface area contributed by atoms with Crippen LogP contribution in [0.3, 0.4) is 0 Å². The molecule has 0 aromatic rings. The van der Waals surface area contributed by atoms with E-state index < -0.39 is 11.2 Å². The maximum atomic E-state index is 12.2. The zero-order valence-electron chi connectivity index (χ0n) is 25.6. The number of aliphatic hydroxyl groups excluding tert-OH is 1.